The van der Waals surface area contributed by atoms with E-state index in [2.05, 4.69) is 15.2 Å². The number of aromatic nitrogens is 3. The number of pyridine rings is 1. The topological polar surface area (TPSA) is 94.5 Å². The lowest BCUT2D eigenvalue weighted by Gasteiger charge is -2.36. The SMILES string of the molecule is O=C(c1ccco1)N1CC(c2nnc(-c3ccncc3)o2)C2(CCOCC2)C1. The van der Waals surface area contributed by atoms with Gasteiger partial charge in [0, 0.05) is 49.7 Å². The summed E-state index contributed by atoms with van der Waals surface area (Å²) in [5, 5.41) is 8.57. The van der Waals surface area contributed by atoms with Gasteiger partial charge in [-0.15, -0.1) is 10.2 Å². The molecule has 2 saturated heterocycles. The lowest BCUT2D eigenvalue weighted by Crippen LogP contribution is -2.37. The summed E-state index contributed by atoms with van der Waals surface area (Å²) in [5.41, 5.74) is 0.707. The summed E-state index contributed by atoms with van der Waals surface area (Å²) in [6, 6.07) is 7.09. The summed E-state index contributed by atoms with van der Waals surface area (Å²) >= 11 is 0. The van der Waals surface area contributed by atoms with Crippen LogP contribution in [0, 0.1) is 5.41 Å². The number of hydrogen-bond acceptors (Lipinski definition) is 7. The van der Waals surface area contributed by atoms with Crippen LogP contribution in [0.1, 0.15) is 35.2 Å². The predicted octanol–water partition coefficient (Wildman–Crippen LogP) is 2.76. The minimum Gasteiger partial charge on any atom is -0.459 e. The lowest BCUT2D eigenvalue weighted by atomic mass is 9.72. The van der Waals surface area contributed by atoms with Crippen molar-refractivity contribution in [1.82, 2.24) is 20.1 Å². The second kappa shape index (κ2) is 6.87. The largest absolute Gasteiger partial charge is 0.459 e. The summed E-state index contributed by atoms with van der Waals surface area (Å²) in [6.45, 7) is 2.50. The van der Waals surface area contributed by atoms with Crippen molar-refractivity contribution in [3.8, 4) is 11.5 Å². The van der Waals surface area contributed by atoms with Gasteiger partial charge in [-0.1, -0.05) is 0 Å². The van der Waals surface area contributed by atoms with Crippen molar-refractivity contribution in [2.75, 3.05) is 26.3 Å². The van der Waals surface area contributed by atoms with Gasteiger partial charge in [-0.05, 0) is 37.1 Å². The molecular weight excluding hydrogens is 360 g/mol. The molecule has 2 aliphatic rings. The number of rotatable bonds is 3. The van der Waals surface area contributed by atoms with Crippen LogP contribution in [0.25, 0.3) is 11.5 Å². The van der Waals surface area contributed by atoms with Crippen LogP contribution in [0.15, 0.2) is 51.8 Å². The van der Waals surface area contributed by atoms with E-state index in [1.165, 1.54) is 6.26 Å². The second-order valence-corrected chi connectivity index (χ2v) is 7.37. The smallest absolute Gasteiger partial charge is 0.289 e. The molecule has 2 fully saturated rings. The molecule has 2 aliphatic heterocycles. The van der Waals surface area contributed by atoms with Gasteiger partial charge in [-0.25, -0.2) is 0 Å². The van der Waals surface area contributed by atoms with Crippen LogP contribution in [0.2, 0.25) is 0 Å². The Kier molecular flexibility index (Phi) is 4.20. The van der Waals surface area contributed by atoms with E-state index in [1.54, 1.807) is 24.5 Å². The van der Waals surface area contributed by atoms with E-state index in [9.17, 15) is 4.79 Å². The Balaban J connectivity index is 1.46. The van der Waals surface area contributed by atoms with Crippen molar-refractivity contribution >= 4 is 5.91 Å². The number of amides is 1. The first kappa shape index (κ1) is 17.1. The molecule has 3 aromatic heterocycles. The van der Waals surface area contributed by atoms with Crippen LogP contribution in [0.4, 0.5) is 0 Å². The summed E-state index contributed by atoms with van der Waals surface area (Å²) < 4.78 is 16.9. The Morgan fingerprint density at radius 3 is 2.71 bits per heavy atom. The number of ether oxygens (including phenoxy) is 1. The van der Waals surface area contributed by atoms with Gasteiger partial charge in [0.05, 0.1) is 12.2 Å². The van der Waals surface area contributed by atoms with Crippen molar-refractivity contribution in [3.63, 3.8) is 0 Å². The third-order valence-electron chi connectivity index (χ3n) is 5.82. The van der Waals surface area contributed by atoms with Crippen LogP contribution in [-0.2, 0) is 4.74 Å². The van der Waals surface area contributed by atoms with Gasteiger partial charge in [0.2, 0.25) is 11.8 Å². The molecule has 5 heterocycles. The molecule has 0 radical (unpaired) electrons. The van der Waals surface area contributed by atoms with Gasteiger partial charge >= 0.3 is 0 Å². The molecule has 28 heavy (non-hydrogen) atoms. The molecule has 8 nitrogen and oxygen atoms in total. The van der Waals surface area contributed by atoms with Gasteiger partial charge < -0.3 is 18.5 Å². The molecule has 0 aliphatic carbocycles. The van der Waals surface area contributed by atoms with E-state index < -0.39 is 0 Å². The Bertz CT molecular complexity index is 948. The number of carbonyl (C=O) groups is 1. The summed E-state index contributed by atoms with van der Waals surface area (Å²) in [7, 11) is 0. The molecule has 8 heteroatoms. The first-order chi connectivity index (χ1) is 13.8. The van der Waals surface area contributed by atoms with E-state index in [4.69, 9.17) is 13.6 Å². The summed E-state index contributed by atoms with van der Waals surface area (Å²) in [6.07, 6.45) is 6.61. The Labute approximate surface area is 161 Å². The third kappa shape index (κ3) is 2.90. The standard InChI is InChI=1S/C20H20N4O4/c25-19(16-2-1-9-27-16)24-12-15(20(13-24)5-10-26-11-6-20)18-23-22-17(28-18)14-3-7-21-8-4-14/h1-4,7-9,15H,5-6,10-13H2. The summed E-state index contributed by atoms with van der Waals surface area (Å²) in [4.78, 5) is 18.7. The predicted molar refractivity (Wildman–Crippen MR) is 97.4 cm³/mol. The molecule has 5 rings (SSSR count). The molecular formula is C20H20N4O4. The zero-order valence-electron chi connectivity index (χ0n) is 15.3. The third-order valence-corrected chi connectivity index (χ3v) is 5.82. The number of carbonyl (C=O) groups excluding carboxylic acids is 1. The maximum Gasteiger partial charge on any atom is 0.289 e. The highest BCUT2D eigenvalue weighted by Crippen LogP contribution is 2.49. The molecule has 1 spiro atoms. The fraction of sp³-hybridized carbons (Fsp3) is 0.400. The molecule has 1 atom stereocenters. The first-order valence-corrected chi connectivity index (χ1v) is 9.39. The molecule has 144 valence electrons. The van der Waals surface area contributed by atoms with Gasteiger partial charge in [0.15, 0.2) is 5.76 Å². The average Bonchev–Trinajstić information content (AvgIpc) is 3.49. The van der Waals surface area contributed by atoms with Crippen LogP contribution in [0.3, 0.4) is 0 Å². The van der Waals surface area contributed by atoms with Gasteiger partial charge in [-0.2, -0.15) is 0 Å². The maximum atomic E-state index is 12.9. The van der Waals surface area contributed by atoms with Gasteiger partial charge in [0.25, 0.3) is 5.91 Å². The van der Waals surface area contributed by atoms with Gasteiger partial charge in [0.1, 0.15) is 0 Å². The molecule has 3 aromatic rings. The second-order valence-electron chi connectivity index (χ2n) is 7.37. The summed E-state index contributed by atoms with van der Waals surface area (Å²) in [5.74, 6) is 1.26. The molecule has 1 unspecified atom stereocenters. The quantitative estimate of drug-likeness (QED) is 0.689. The normalized spacial score (nSPS) is 21.3. The molecule has 1 amide bonds. The fourth-order valence-electron chi connectivity index (χ4n) is 4.29. The minimum absolute atomic E-state index is 0.0293. The zero-order chi connectivity index (χ0) is 19.0. The Hall–Kier alpha value is -3.00. The Morgan fingerprint density at radius 1 is 1.14 bits per heavy atom. The number of furan rings is 1. The van der Waals surface area contributed by atoms with Crippen molar-refractivity contribution in [3.05, 3.63) is 54.6 Å². The van der Waals surface area contributed by atoms with Gasteiger partial charge in [-0.3, -0.25) is 9.78 Å². The van der Waals surface area contributed by atoms with Crippen LogP contribution < -0.4 is 0 Å². The van der Waals surface area contributed by atoms with Crippen molar-refractivity contribution in [2.24, 2.45) is 5.41 Å². The highest BCUT2D eigenvalue weighted by molar-refractivity contribution is 5.91. The van der Waals surface area contributed by atoms with E-state index in [0.717, 1.165) is 18.4 Å². The monoisotopic (exact) mass is 380 g/mol. The fourth-order valence-corrected chi connectivity index (χ4v) is 4.29. The van der Waals surface area contributed by atoms with E-state index >= 15 is 0 Å². The molecule has 0 N–H and O–H groups in total. The van der Waals surface area contributed by atoms with E-state index in [-0.39, 0.29) is 17.2 Å². The highest BCUT2D eigenvalue weighted by Gasteiger charge is 2.51. The zero-order valence-corrected chi connectivity index (χ0v) is 15.3. The first-order valence-electron chi connectivity index (χ1n) is 9.39. The van der Waals surface area contributed by atoms with Crippen LogP contribution in [-0.4, -0.2) is 52.3 Å². The van der Waals surface area contributed by atoms with Crippen LogP contribution in [0.5, 0.6) is 0 Å². The van der Waals surface area contributed by atoms with Crippen molar-refractivity contribution in [2.45, 2.75) is 18.8 Å². The molecule has 0 saturated carbocycles. The molecule has 0 aromatic carbocycles. The Morgan fingerprint density at radius 2 is 1.96 bits per heavy atom. The van der Waals surface area contributed by atoms with Crippen LogP contribution >= 0.6 is 0 Å². The van der Waals surface area contributed by atoms with Crippen molar-refractivity contribution < 1.29 is 18.4 Å². The highest BCUT2D eigenvalue weighted by atomic mass is 16.5. The number of hydrogen-bond donors (Lipinski definition) is 0. The minimum atomic E-state index is -0.122. The maximum absolute atomic E-state index is 12.9. The number of likely N-dealkylation sites (tertiary alicyclic amines) is 1. The average molecular weight is 380 g/mol. The van der Waals surface area contributed by atoms with E-state index in [0.29, 0.717) is 43.8 Å². The molecule has 0 bridgehead atoms. The number of nitrogens with zero attached hydrogens (tertiary/aromatic N) is 4. The van der Waals surface area contributed by atoms with E-state index in [1.807, 2.05) is 17.0 Å². The lowest BCUT2D eigenvalue weighted by molar-refractivity contribution is 0.00893. The van der Waals surface area contributed by atoms with Crippen molar-refractivity contribution in [1.29, 1.82) is 0 Å².